The predicted octanol–water partition coefficient (Wildman–Crippen LogP) is 6.36. The third kappa shape index (κ3) is 6.45. The van der Waals surface area contributed by atoms with Crippen LogP contribution in [0, 0.1) is 6.92 Å². The van der Waals surface area contributed by atoms with Gasteiger partial charge in [0.05, 0.1) is 11.0 Å². The van der Waals surface area contributed by atoms with E-state index in [1.165, 1.54) is 0 Å². The van der Waals surface area contributed by atoms with Gasteiger partial charge in [0.1, 0.15) is 5.69 Å². The van der Waals surface area contributed by atoms with Gasteiger partial charge in [-0.2, -0.15) is 5.10 Å². The van der Waals surface area contributed by atoms with Gasteiger partial charge in [0.25, 0.3) is 0 Å². The highest BCUT2D eigenvalue weighted by atomic mass is 15.1. The summed E-state index contributed by atoms with van der Waals surface area (Å²) in [5.41, 5.74) is 7.47. The van der Waals surface area contributed by atoms with Crippen molar-refractivity contribution in [2.24, 2.45) is 0 Å². The molecule has 0 aliphatic carbocycles. The van der Waals surface area contributed by atoms with Gasteiger partial charge >= 0.3 is 0 Å². The molecule has 0 aliphatic rings. The Bertz CT molecular complexity index is 1420. The lowest BCUT2D eigenvalue weighted by molar-refractivity contribution is 1.05. The Balaban J connectivity index is 0.00000222. The summed E-state index contributed by atoms with van der Waals surface area (Å²) < 4.78 is 0. The molecule has 0 spiro atoms. The molecule has 0 atom stereocenters. The van der Waals surface area contributed by atoms with Gasteiger partial charge < -0.3 is 4.98 Å². The smallest absolute Gasteiger partial charge is 0.159 e. The molecule has 0 aliphatic heterocycles. The Hall–Kier alpha value is -4.25. The third-order valence-corrected chi connectivity index (χ3v) is 5.47. The normalized spacial score (nSPS) is 13.3. The molecule has 0 radical (unpaired) electrons. The molecule has 0 unspecified atom stereocenters. The molecule has 0 amide bonds. The zero-order valence-electron chi connectivity index (χ0n) is 22.3. The van der Waals surface area contributed by atoms with Crippen LogP contribution in [0.4, 0.5) is 0 Å². The molecule has 2 N–H and O–H groups in total. The zero-order valence-corrected chi connectivity index (χ0v) is 22.3. The summed E-state index contributed by atoms with van der Waals surface area (Å²) in [5, 5.41) is 9.54. The number of hydrogen-bond donors (Lipinski definition) is 2. The van der Waals surface area contributed by atoms with Crippen molar-refractivity contribution in [3.05, 3.63) is 119 Å². The first-order chi connectivity index (χ1) is 17.4. The average molecular weight is 480 g/mol. The number of rotatable bonds is 8. The van der Waals surface area contributed by atoms with E-state index < -0.39 is 0 Å². The van der Waals surface area contributed by atoms with E-state index in [0.717, 1.165) is 55.5 Å². The minimum atomic E-state index is 0.680. The lowest BCUT2D eigenvalue weighted by atomic mass is 10.0. The summed E-state index contributed by atoms with van der Waals surface area (Å²) >= 11 is 0. The first kappa shape index (κ1) is 28.0. The van der Waals surface area contributed by atoms with Gasteiger partial charge in [-0.3, -0.25) is 10.1 Å². The molecule has 0 saturated heterocycles. The van der Waals surface area contributed by atoms with Crippen molar-refractivity contribution in [3.8, 4) is 11.5 Å². The van der Waals surface area contributed by atoms with Crippen molar-refractivity contribution in [2.45, 2.75) is 41.5 Å². The predicted molar refractivity (Wildman–Crippen MR) is 154 cm³/mol. The first-order valence-electron chi connectivity index (χ1n) is 12.1. The van der Waals surface area contributed by atoms with Crippen LogP contribution in [0.15, 0.2) is 91.4 Å². The van der Waals surface area contributed by atoms with E-state index >= 15 is 0 Å². The maximum atomic E-state index is 4.94. The van der Waals surface area contributed by atoms with Crippen molar-refractivity contribution in [1.29, 1.82) is 0 Å². The summed E-state index contributed by atoms with van der Waals surface area (Å²) in [5.74, 6) is 0.680. The van der Waals surface area contributed by atoms with E-state index in [4.69, 9.17) is 4.98 Å². The Labute approximate surface area is 214 Å². The zero-order chi connectivity index (χ0) is 26.7. The van der Waals surface area contributed by atoms with Crippen LogP contribution in [-0.4, -0.2) is 25.1 Å². The molecular weight excluding hydrogens is 442 g/mol. The van der Waals surface area contributed by atoms with E-state index in [1.54, 1.807) is 18.5 Å². The number of H-pyrrole nitrogens is 2. The second-order valence-corrected chi connectivity index (χ2v) is 7.81. The molecule has 0 aromatic carbocycles. The van der Waals surface area contributed by atoms with Gasteiger partial charge in [-0.1, -0.05) is 75.6 Å². The van der Waals surface area contributed by atoms with Crippen LogP contribution in [-0.2, 0) is 0 Å². The molecule has 0 saturated carbocycles. The summed E-state index contributed by atoms with van der Waals surface area (Å²) in [6.45, 7) is 24.0. The fraction of sp³-hybridized carbons (Fsp3) is 0.194. The first-order valence-corrected chi connectivity index (χ1v) is 12.1. The van der Waals surface area contributed by atoms with E-state index in [-0.39, 0.29) is 0 Å². The maximum absolute atomic E-state index is 4.94. The standard InChI is InChI=1S/C29H31N5.C2H6/c1-8-12-24(23-13-15-30-16-14-23)27-21(7)31-29(32-27)28-25(26(11-4)33-34-28)18-20(6)22(10-3)17-19(5)9-2;1-2/h8-18,33H,1-2,6H2,3-5,7H3,(H,31,32);1-2H3/b19-17-,22-10+,24-12-,25-18+,26-11+;. The molecule has 3 aromatic heterocycles. The average Bonchev–Trinajstić information content (AvgIpc) is 3.49. The number of hydrogen-bond acceptors (Lipinski definition) is 3. The lowest BCUT2D eigenvalue weighted by Crippen LogP contribution is -2.24. The van der Waals surface area contributed by atoms with Crippen molar-refractivity contribution in [3.63, 3.8) is 0 Å². The number of imidazole rings is 1. The highest BCUT2D eigenvalue weighted by molar-refractivity contribution is 5.81. The molecule has 3 rings (SSSR count). The molecule has 5 nitrogen and oxygen atoms in total. The van der Waals surface area contributed by atoms with Gasteiger partial charge in [-0.15, -0.1) is 0 Å². The lowest BCUT2D eigenvalue weighted by Gasteiger charge is -2.05. The van der Waals surface area contributed by atoms with Crippen LogP contribution < -0.4 is 10.6 Å². The third-order valence-electron chi connectivity index (χ3n) is 5.47. The SMILES string of the molecule is C=C/C=C(/c1ccncc1)c1nc(-c2n[nH]c(=C/C)/c2=C\C(=C)C(/C=C(/C)C=C)=C/C)[nH]c1C.CC. The number of aryl methyl sites for hydroxylation is 1. The van der Waals surface area contributed by atoms with Crippen LogP contribution in [0.2, 0.25) is 0 Å². The summed E-state index contributed by atoms with van der Waals surface area (Å²) in [6, 6.07) is 3.92. The fourth-order valence-electron chi connectivity index (χ4n) is 3.63. The molecule has 3 aromatic rings. The van der Waals surface area contributed by atoms with Crippen molar-refractivity contribution >= 4 is 17.7 Å². The molecule has 36 heavy (non-hydrogen) atoms. The second-order valence-electron chi connectivity index (χ2n) is 7.81. The van der Waals surface area contributed by atoms with Gasteiger partial charge in [-0.25, -0.2) is 4.98 Å². The van der Waals surface area contributed by atoms with Crippen LogP contribution in [0.25, 0.3) is 29.2 Å². The number of nitrogens with one attached hydrogen (secondary N) is 2. The molecule has 3 heterocycles. The number of pyridine rings is 1. The van der Waals surface area contributed by atoms with E-state index in [0.29, 0.717) is 5.82 Å². The van der Waals surface area contributed by atoms with Crippen LogP contribution >= 0.6 is 0 Å². The number of aromatic amines is 2. The highest BCUT2D eigenvalue weighted by Gasteiger charge is 2.16. The minimum Gasteiger partial charge on any atom is -0.340 e. The van der Waals surface area contributed by atoms with Gasteiger partial charge in [0.2, 0.25) is 0 Å². The van der Waals surface area contributed by atoms with E-state index in [1.807, 2.05) is 84.1 Å². The maximum Gasteiger partial charge on any atom is 0.159 e. The number of aromatic nitrogens is 5. The number of nitrogens with zero attached hydrogens (tertiary/aromatic N) is 3. The quantitative estimate of drug-likeness (QED) is 0.369. The highest BCUT2D eigenvalue weighted by Crippen LogP contribution is 2.26. The Kier molecular flexibility index (Phi) is 10.6. The summed E-state index contributed by atoms with van der Waals surface area (Å²) in [7, 11) is 0. The Morgan fingerprint density at radius 2 is 1.78 bits per heavy atom. The largest absolute Gasteiger partial charge is 0.340 e. The number of allylic oxidation sites excluding steroid dienone is 8. The molecular formula is C31H37N5. The van der Waals surface area contributed by atoms with E-state index in [9.17, 15) is 0 Å². The van der Waals surface area contributed by atoms with Crippen molar-refractivity contribution < 1.29 is 0 Å². The molecule has 5 heteroatoms. The molecule has 0 fully saturated rings. The molecule has 0 bridgehead atoms. The van der Waals surface area contributed by atoms with Gasteiger partial charge in [-0.05, 0) is 62.6 Å². The van der Waals surface area contributed by atoms with Crippen LogP contribution in [0.3, 0.4) is 0 Å². The van der Waals surface area contributed by atoms with Gasteiger partial charge in [0, 0.05) is 28.9 Å². The van der Waals surface area contributed by atoms with Crippen LogP contribution in [0.5, 0.6) is 0 Å². The Morgan fingerprint density at radius 1 is 1.08 bits per heavy atom. The fourth-order valence-corrected chi connectivity index (χ4v) is 3.63. The van der Waals surface area contributed by atoms with Gasteiger partial charge in [0.15, 0.2) is 5.82 Å². The summed E-state index contributed by atoms with van der Waals surface area (Å²) in [4.78, 5) is 12.5. The van der Waals surface area contributed by atoms with Crippen molar-refractivity contribution in [1.82, 2.24) is 25.1 Å². The Morgan fingerprint density at radius 3 is 2.36 bits per heavy atom. The summed E-state index contributed by atoms with van der Waals surface area (Å²) in [6.07, 6.45) is 17.2. The topological polar surface area (TPSA) is 70.2 Å². The van der Waals surface area contributed by atoms with Crippen LogP contribution in [0.1, 0.15) is 51.6 Å². The minimum absolute atomic E-state index is 0.680. The van der Waals surface area contributed by atoms with Crippen molar-refractivity contribution in [2.75, 3.05) is 0 Å². The monoisotopic (exact) mass is 479 g/mol. The van der Waals surface area contributed by atoms with E-state index in [2.05, 4.69) is 46.0 Å². The second kappa shape index (κ2) is 13.6. The molecule has 186 valence electrons.